The first-order valence-corrected chi connectivity index (χ1v) is 14.6. The van der Waals surface area contributed by atoms with Gasteiger partial charge in [0, 0.05) is 54.6 Å². The lowest BCUT2D eigenvalue weighted by Crippen LogP contribution is -2.44. The first-order valence-electron chi connectivity index (χ1n) is 14.6. The molecule has 4 N–H and O–H groups in total. The first kappa shape index (κ1) is 28.9. The lowest BCUT2D eigenvalue weighted by molar-refractivity contribution is 0.0747. The standard InChI is InChI=1S/C33H42N4O4/c1-40-31-11-10-26(32(19-31)41-2)21-37(29-17-23-6-3-4-7-24(23)18-29)22-30(38)20-35-33(39)25-8-5-9-28(16-25)36-27-12-14-34-15-13-27/h3-11,16,19,27,29-30,34,36,38H,12-15,17-18,20-22H2,1-2H3,(H,35,39)/t30-/m1/s1. The van der Waals surface area contributed by atoms with Crippen molar-refractivity contribution < 1.29 is 19.4 Å². The number of anilines is 1. The predicted octanol–water partition coefficient (Wildman–Crippen LogP) is 3.63. The number of benzene rings is 3. The van der Waals surface area contributed by atoms with Crippen molar-refractivity contribution in [2.24, 2.45) is 0 Å². The maximum Gasteiger partial charge on any atom is 0.251 e. The zero-order valence-electron chi connectivity index (χ0n) is 24.1. The molecule has 41 heavy (non-hydrogen) atoms. The first-order chi connectivity index (χ1) is 20.0. The van der Waals surface area contributed by atoms with Crippen molar-refractivity contribution >= 4 is 11.6 Å². The van der Waals surface area contributed by atoms with Crippen LogP contribution in [0.5, 0.6) is 11.5 Å². The molecule has 1 aliphatic carbocycles. The molecule has 1 fully saturated rings. The molecule has 0 radical (unpaired) electrons. The average Bonchev–Trinajstić information content (AvgIpc) is 3.45. The van der Waals surface area contributed by atoms with Gasteiger partial charge in [-0.1, -0.05) is 36.4 Å². The molecule has 0 bridgehead atoms. The van der Waals surface area contributed by atoms with E-state index in [-0.39, 0.29) is 18.5 Å². The summed E-state index contributed by atoms with van der Waals surface area (Å²) in [6, 6.07) is 22.6. The quantitative estimate of drug-likeness (QED) is 0.270. The van der Waals surface area contributed by atoms with Crippen LogP contribution in [0.25, 0.3) is 0 Å². The number of nitrogens with one attached hydrogen (secondary N) is 3. The molecule has 8 nitrogen and oxygen atoms in total. The maximum absolute atomic E-state index is 13.0. The van der Waals surface area contributed by atoms with Gasteiger partial charge >= 0.3 is 0 Å². The lowest BCUT2D eigenvalue weighted by atomic mass is 10.1. The van der Waals surface area contributed by atoms with Crippen LogP contribution in [-0.4, -0.2) is 74.5 Å². The predicted molar refractivity (Wildman–Crippen MR) is 162 cm³/mol. The van der Waals surface area contributed by atoms with Gasteiger partial charge in [0.25, 0.3) is 5.91 Å². The molecular weight excluding hydrogens is 516 g/mol. The van der Waals surface area contributed by atoms with E-state index in [0.717, 1.165) is 61.5 Å². The molecule has 0 unspecified atom stereocenters. The van der Waals surface area contributed by atoms with Crippen molar-refractivity contribution in [3.05, 3.63) is 89.0 Å². The number of aliphatic hydroxyl groups excluding tert-OH is 1. The summed E-state index contributed by atoms with van der Waals surface area (Å²) in [7, 11) is 3.30. The van der Waals surface area contributed by atoms with Gasteiger partial charge in [0.15, 0.2) is 0 Å². The minimum absolute atomic E-state index is 0.167. The van der Waals surface area contributed by atoms with Gasteiger partial charge in [-0.2, -0.15) is 0 Å². The topological polar surface area (TPSA) is 95.1 Å². The Labute approximate surface area is 243 Å². The van der Waals surface area contributed by atoms with Gasteiger partial charge in [-0.3, -0.25) is 9.69 Å². The third-order valence-corrected chi connectivity index (χ3v) is 8.19. The van der Waals surface area contributed by atoms with Crippen molar-refractivity contribution in [3.8, 4) is 11.5 Å². The molecule has 0 spiro atoms. The van der Waals surface area contributed by atoms with E-state index < -0.39 is 6.10 Å². The molecule has 1 heterocycles. The molecule has 3 aromatic rings. The molecule has 5 rings (SSSR count). The van der Waals surface area contributed by atoms with Crippen LogP contribution >= 0.6 is 0 Å². The van der Waals surface area contributed by atoms with E-state index in [2.05, 4.69) is 45.1 Å². The molecule has 218 valence electrons. The molecule has 1 saturated heterocycles. The Morgan fingerprint density at radius 3 is 2.46 bits per heavy atom. The van der Waals surface area contributed by atoms with E-state index in [1.807, 2.05) is 42.5 Å². The zero-order chi connectivity index (χ0) is 28.6. The Morgan fingerprint density at radius 2 is 1.76 bits per heavy atom. The Hall–Kier alpha value is -3.59. The Kier molecular flexibility index (Phi) is 9.77. The molecule has 1 atom stereocenters. The number of hydrogen-bond acceptors (Lipinski definition) is 7. The maximum atomic E-state index is 13.0. The number of piperidine rings is 1. The van der Waals surface area contributed by atoms with E-state index in [9.17, 15) is 9.90 Å². The number of amides is 1. The molecule has 2 aliphatic rings. The SMILES string of the molecule is COc1ccc(CN(C[C@H](O)CNC(=O)c2cccc(NC3CCNCC3)c2)C2Cc3ccccc3C2)c(OC)c1. The summed E-state index contributed by atoms with van der Waals surface area (Å²) in [5.41, 5.74) is 5.27. The summed E-state index contributed by atoms with van der Waals surface area (Å²) < 4.78 is 11.0. The van der Waals surface area contributed by atoms with Crippen molar-refractivity contribution in [2.45, 2.75) is 50.4 Å². The number of methoxy groups -OCH3 is 2. The van der Waals surface area contributed by atoms with E-state index >= 15 is 0 Å². The minimum Gasteiger partial charge on any atom is -0.497 e. The van der Waals surface area contributed by atoms with Gasteiger partial charge < -0.3 is 30.5 Å². The molecule has 0 saturated carbocycles. The van der Waals surface area contributed by atoms with Crippen LogP contribution < -0.4 is 25.4 Å². The summed E-state index contributed by atoms with van der Waals surface area (Å²) in [6.45, 7) is 3.21. The van der Waals surface area contributed by atoms with Gasteiger partial charge in [0.1, 0.15) is 11.5 Å². The fourth-order valence-corrected chi connectivity index (χ4v) is 5.94. The summed E-state index contributed by atoms with van der Waals surface area (Å²) >= 11 is 0. The number of nitrogens with zero attached hydrogens (tertiary/aromatic N) is 1. The van der Waals surface area contributed by atoms with Gasteiger partial charge in [-0.15, -0.1) is 0 Å². The van der Waals surface area contributed by atoms with Crippen molar-refractivity contribution in [2.75, 3.05) is 45.7 Å². The van der Waals surface area contributed by atoms with Gasteiger partial charge in [-0.25, -0.2) is 0 Å². The van der Waals surface area contributed by atoms with Crippen LogP contribution in [0.2, 0.25) is 0 Å². The third-order valence-electron chi connectivity index (χ3n) is 8.19. The smallest absolute Gasteiger partial charge is 0.251 e. The molecule has 8 heteroatoms. The normalized spacial score (nSPS) is 16.3. The van der Waals surface area contributed by atoms with Crippen LogP contribution in [0.15, 0.2) is 66.7 Å². The second-order valence-corrected chi connectivity index (χ2v) is 11.1. The van der Waals surface area contributed by atoms with Gasteiger partial charge in [-0.05, 0) is 74.2 Å². The number of carbonyl (C=O) groups is 1. The highest BCUT2D eigenvalue weighted by atomic mass is 16.5. The highest BCUT2D eigenvalue weighted by Gasteiger charge is 2.29. The summed E-state index contributed by atoms with van der Waals surface area (Å²) in [5.74, 6) is 1.31. The highest BCUT2D eigenvalue weighted by Crippen LogP contribution is 2.30. The summed E-state index contributed by atoms with van der Waals surface area (Å²) in [5, 5.41) is 21.0. The molecule has 3 aromatic carbocycles. The monoisotopic (exact) mass is 558 g/mol. The Morgan fingerprint density at radius 1 is 1.00 bits per heavy atom. The summed E-state index contributed by atoms with van der Waals surface area (Å²) in [6.07, 6.45) is 3.24. The van der Waals surface area contributed by atoms with E-state index in [1.54, 1.807) is 14.2 Å². The van der Waals surface area contributed by atoms with Gasteiger partial charge in [0.2, 0.25) is 0 Å². The number of rotatable bonds is 12. The van der Waals surface area contributed by atoms with E-state index in [0.29, 0.717) is 24.7 Å². The average molecular weight is 559 g/mol. The van der Waals surface area contributed by atoms with Crippen LogP contribution in [0, 0.1) is 0 Å². The van der Waals surface area contributed by atoms with Crippen molar-refractivity contribution in [1.82, 2.24) is 15.5 Å². The van der Waals surface area contributed by atoms with E-state index in [1.165, 1.54) is 11.1 Å². The lowest BCUT2D eigenvalue weighted by Gasteiger charge is -2.31. The Bertz CT molecular complexity index is 1280. The van der Waals surface area contributed by atoms with Gasteiger partial charge in [0.05, 0.1) is 20.3 Å². The van der Waals surface area contributed by atoms with Crippen LogP contribution in [0.1, 0.15) is 39.9 Å². The van der Waals surface area contributed by atoms with Crippen LogP contribution in [0.4, 0.5) is 5.69 Å². The number of ether oxygens (including phenoxy) is 2. The molecular formula is C33H42N4O4. The molecule has 1 aliphatic heterocycles. The van der Waals surface area contributed by atoms with Crippen LogP contribution in [0.3, 0.4) is 0 Å². The number of fused-ring (bicyclic) bond motifs is 1. The third kappa shape index (κ3) is 7.58. The number of hydrogen-bond donors (Lipinski definition) is 4. The summed E-state index contributed by atoms with van der Waals surface area (Å²) in [4.78, 5) is 15.3. The van der Waals surface area contributed by atoms with Crippen molar-refractivity contribution in [3.63, 3.8) is 0 Å². The largest absolute Gasteiger partial charge is 0.497 e. The fraction of sp³-hybridized carbons (Fsp3) is 0.424. The van der Waals surface area contributed by atoms with E-state index in [4.69, 9.17) is 9.47 Å². The number of aliphatic hydroxyl groups is 1. The molecule has 0 aromatic heterocycles. The zero-order valence-corrected chi connectivity index (χ0v) is 24.1. The fourth-order valence-electron chi connectivity index (χ4n) is 5.94. The van der Waals surface area contributed by atoms with Crippen molar-refractivity contribution in [1.29, 1.82) is 0 Å². The highest BCUT2D eigenvalue weighted by molar-refractivity contribution is 5.95. The van der Waals surface area contributed by atoms with Crippen LogP contribution in [-0.2, 0) is 19.4 Å². The second-order valence-electron chi connectivity index (χ2n) is 11.1. The molecule has 1 amide bonds. The Balaban J connectivity index is 1.23. The minimum atomic E-state index is -0.733. The number of carbonyl (C=O) groups excluding carboxylic acids is 1. The second kappa shape index (κ2) is 13.9.